The van der Waals surface area contributed by atoms with Crippen LogP contribution in [0.15, 0.2) is 24.3 Å². The van der Waals surface area contributed by atoms with Crippen molar-refractivity contribution < 1.29 is 0 Å². The maximum Gasteiger partial charge on any atom is 0.00683 e. The molecule has 1 aromatic carbocycles. The predicted molar refractivity (Wildman–Crippen MR) is 76.7 cm³/mol. The smallest absolute Gasteiger partial charge is 0.00683 e. The minimum atomic E-state index is 0.866. The molecule has 0 saturated heterocycles. The molecule has 0 amide bonds. The minimum absolute atomic E-state index is 0.866. The van der Waals surface area contributed by atoms with Crippen LogP contribution < -0.4 is 5.32 Å². The molecule has 98 valence electrons. The summed E-state index contributed by atoms with van der Waals surface area (Å²) in [5, 5.41) is 3.73. The molecule has 2 unspecified atom stereocenters. The summed E-state index contributed by atoms with van der Waals surface area (Å²) in [6.45, 7) is 3.46. The molecular formula is C17H25N. The fraction of sp³-hybridized carbons (Fsp3) is 0.647. The molecule has 18 heavy (non-hydrogen) atoms. The predicted octanol–water partition coefficient (Wildman–Crippen LogP) is 3.71. The molecule has 2 fully saturated rings. The van der Waals surface area contributed by atoms with E-state index in [2.05, 4.69) is 36.5 Å². The Morgan fingerprint density at radius 2 is 1.94 bits per heavy atom. The molecule has 1 heteroatoms. The van der Waals surface area contributed by atoms with E-state index >= 15 is 0 Å². The van der Waals surface area contributed by atoms with Crippen LogP contribution >= 0.6 is 0 Å². The minimum Gasteiger partial charge on any atom is -0.314 e. The molecule has 1 nitrogen and oxygen atoms in total. The summed E-state index contributed by atoms with van der Waals surface area (Å²) in [5.74, 6) is 1.84. The van der Waals surface area contributed by atoms with Crippen molar-refractivity contribution in [2.45, 2.75) is 51.5 Å². The van der Waals surface area contributed by atoms with Gasteiger partial charge in [-0.05, 0) is 63.0 Å². The Balaban J connectivity index is 1.56. The van der Waals surface area contributed by atoms with E-state index in [9.17, 15) is 0 Å². The first kappa shape index (κ1) is 12.2. The number of benzene rings is 1. The maximum atomic E-state index is 3.73. The zero-order valence-electron chi connectivity index (χ0n) is 11.5. The lowest BCUT2D eigenvalue weighted by Gasteiger charge is -2.20. The molecule has 0 spiro atoms. The van der Waals surface area contributed by atoms with Crippen LogP contribution in [0.1, 0.15) is 43.2 Å². The average Bonchev–Trinajstić information content (AvgIpc) is 3.08. The largest absolute Gasteiger partial charge is 0.314 e. The average molecular weight is 243 g/mol. The van der Waals surface area contributed by atoms with Gasteiger partial charge in [0.15, 0.2) is 0 Å². The normalized spacial score (nSPS) is 27.6. The monoisotopic (exact) mass is 243 g/mol. The van der Waals surface area contributed by atoms with Gasteiger partial charge >= 0.3 is 0 Å². The Morgan fingerprint density at radius 1 is 1.11 bits per heavy atom. The lowest BCUT2D eigenvalue weighted by atomic mass is 9.89. The number of aryl methyl sites for hydroxylation is 1. The van der Waals surface area contributed by atoms with Gasteiger partial charge in [0.2, 0.25) is 0 Å². The van der Waals surface area contributed by atoms with Gasteiger partial charge in [0.1, 0.15) is 0 Å². The van der Waals surface area contributed by atoms with Gasteiger partial charge in [-0.2, -0.15) is 0 Å². The molecule has 0 aliphatic heterocycles. The first-order valence-electron chi connectivity index (χ1n) is 7.60. The highest BCUT2D eigenvalue weighted by atomic mass is 14.9. The number of rotatable bonds is 5. The van der Waals surface area contributed by atoms with Crippen LogP contribution in [0.25, 0.3) is 0 Å². The Hall–Kier alpha value is -0.820. The molecule has 0 aromatic heterocycles. The van der Waals surface area contributed by atoms with Crippen molar-refractivity contribution >= 4 is 0 Å². The highest BCUT2D eigenvalue weighted by molar-refractivity contribution is 5.22. The molecule has 3 rings (SSSR count). The molecule has 1 aromatic rings. The summed E-state index contributed by atoms with van der Waals surface area (Å²) in [4.78, 5) is 0. The second-order valence-corrected chi connectivity index (χ2v) is 6.33. The first-order chi connectivity index (χ1) is 8.81. The fourth-order valence-electron chi connectivity index (χ4n) is 3.40. The second-order valence-electron chi connectivity index (χ2n) is 6.33. The summed E-state index contributed by atoms with van der Waals surface area (Å²) < 4.78 is 0. The van der Waals surface area contributed by atoms with E-state index in [4.69, 9.17) is 0 Å². The first-order valence-corrected chi connectivity index (χ1v) is 7.60. The van der Waals surface area contributed by atoms with Crippen LogP contribution in [0, 0.1) is 18.8 Å². The van der Waals surface area contributed by atoms with Crippen molar-refractivity contribution in [3.8, 4) is 0 Å². The fourth-order valence-corrected chi connectivity index (χ4v) is 3.40. The van der Waals surface area contributed by atoms with Gasteiger partial charge in [-0.1, -0.05) is 36.2 Å². The number of hydrogen-bond acceptors (Lipinski definition) is 1. The van der Waals surface area contributed by atoms with Crippen LogP contribution in [0.2, 0.25) is 0 Å². The number of hydrogen-bond donors (Lipinski definition) is 1. The van der Waals surface area contributed by atoms with Gasteiger partial charge in [-0.3, -0.25) is 0 Å². The van der Waals surface area contributed by atoms with E-state index in [0.717, 1.165) is 17.9 Å². The summed E-state index contributed by atoms with van der Waals surface area (Å²) in [6, 6.07) is 9.94. The standard InChI is InChI=1S/C17H25N/c1-13-4-2-5-14(10-13)11-15-6-3-7-16(15)12-18-17-8-9-17/h2,4-5,10,15-18H,3,6-9,11-12H2,1H3. The van der Waals surface area contributed by atoms with Crippen LogP contribution in [0.4, 0.5) is 0 Å². The molecule has 2 saturated carbocycles. The van der Waals surface area contributed by atoms with Gasteiger partial charge in [0.25, 0.3) is 0 Å². The van der Waals surface area contributed by atoms with E-state index in [1.807, 2.05) is 0 Å². The van der Waals surface area contributed by atoms with E-state index < -0.39 is 0 Å². The SMILES string of the molecule is Cc1cccc(CC2CCCC2CNC2CC2)c1. The highest BCUT2D eigenvalue weighted by Gasteiger charge is 2.29. The van der Waals surface area contributed by atoms with E-state index in [0.29, 0.717) is 0 Å². The summed E-state index contributed by atoms with van der Waals surface area (Å²) in [6.07, 6.45) is 8.43. The Kier molecular flexibility index (Phi) is 3.69. The second kappa shape index (κ2) is 5.44. The Morgan fingerprint density at radius 3 is 2.72 bits per heavy atom. The molecule has 1 N–H and O–H groups in total. The molecule has 0 radical (unpaired) electrons. The lowest BCUT2D eigenvalue weighted by Crippen LogP contribution is -2.27. The van der Waals surface area contributed by atoms with Crippen LogP contribution in [-0.2, 0) is 6.42 Å². The lowest BCUT2D eigenvalue weighted by molar-refractivity contribution is 0.364. The van der Waals surface area contributed by atoms with Gasteiger partial charge in [-0.25, -0.2) is 0 Å². The van der Waals surface area contributed by atoms with E-state index in [-0.39, 0.29) is 0 Å². The maximum absolute atomic E-state index is 3.73. The van der Waals surface area contributed by atoms with Gasteiger partial charge < -0.3 is 5.32 Å². The van der Waals surface area contributed by atoms with Crippen molar-refractivity contribution in [3.05, 3.63) is 35.4 Å². The van der Waals surface area contributed by atoms with Gasteiger partial charge in [0, 0.05) is 6.04 Å². The molecular weight excluding hydrogens is 218 g/mol. The Labute approximate surface area is 111 Å². The molecule has 2 aliphatic rings. The molecule has 0 bridgehead atoms. The Bertz CT molecular complexity index is 394. The van der Waals surface area contributed by atoms with Crippen molar-refractivity contribution in [1.29, 1.82) is 0 Å². The van der Waals surface area contributed by atoms with E-state index in [1.165, 1.54) is 50.6 Å². The molecule has 0 heterocycles. The van der Waals surface area contributed by atoms with Gasteiger partial charge in [-0.15, -0.1) is 0 Å². The van der Waals surface area contributed by atoms with Crippen LogP contribution in [0.5, 0.6) is 0 Å². The van der Waals surface area contributed by atoms with Crippen molar-refractivity contribution in [2.75, 3.05) is 6.54 Å². The third kappa shape index (κ3) is 3.14. The van der Waals surface area contributed by atoms with Gasteiger partial charge in [0.05, 0.1) is 0 Å². The van der Waals surface area contributed by atoms with Crippen molar-refractivity contribution in [3.63, 3.8) is 0 Å². The van der Waals surface area contributed by atoms with Crippen molar-refractivity contribution in [2.24, 2.45) is 11.8 Å². The summed E-state index contributed by atoms with van der Waals surface area (Å²) in [5.41, 5.74) is 2.94. The van der Waals surface area contributed by atoms with E-state index in [1.54, 1.807) is 5.56 Å². The topological polar surface area (TPSA) is 12.0 Å². The quantitative estimate of drug-likeness (QED) is 0.831. The highest BCUT2D eigenvalue weighted by Crippen LogP contribution is 2.34. The van der Waals surface area contributed by atoms with Crippen LogP contribution in [-0.4, -0.2) is 12.6 Å². The molecule has 2 aliphatic carbocycles. The van der Waals surface area contributed by atoms with Crippen molar-refractivity contribution in [1.82, 2.24) is 5.32 Å². The zero-order valence-corrected chi connectivity index (χ0v) is 11.5. The third-order valence-electron chi connectivity index (χ3n) is 4.64. The zero-order chi connectivity index (χ0) is 12.4. The molecule has 2 atom stereocenters. The summed E-state index contributed by atoms with van der Waals surface area (Å²) in [7, 11) is 0. The van der Waals surface area contributed by atoms with Crippen LogP contribution in [0.3, 0.4) is 0 Å². The third-order valence-corrected chi connectivity index (χ3v) is 4.64. The summed E-state index contributed by atoms with van der Waals surface area (Å²) >= 11 is 0. The number of nitrogens with one attached hydrogen (secondary N) is 1.